The lowest BCUT2D eigenvalue weighted by Crippen LogP contribution is -2.29. The summed E-state index contributed by atoms with van der Waals surface area (Å²) in [5, 5.41) is 11.7. The van der Waals surface area contributed by atoms with E-state index in [0.29, 0.717) is 39.9 Å². The summed E-state index contributed by atoms with van der Waals surface area (Å²) in [4.78, 5) is 28.1. The minimum atomic E-state index is -0.842. The van der Waals surface area contributed by atoms with E-state index in [2.05, 4.69) is 0 Å². The van der Waals surface area contributed by atoms with Crippen molar-refractivity contribution in [1.82, 2.24) is 0 Å². The van der Waals surface area contributed by atoms with Crippen molar-refractivity contribution in [2.75, 3.05) is 18.6 Å². The van der Waals surface area contributed by atoms with Crippen LogP contribution in [0.25, 0.3) is 5.76 Å². The molecule has 1 aliphatic rings. The number of ketones is 1. The van der Waals surface area contributed by atoms with Gasteiger partial charge in [0.25, 0.3) is 11.7 Å². The predicted octanol–water partition coefficient (Wildman–Crippen LogP) is 6.38. The summed E-state index contributed by atoms with van der Waals surface area (Å²) in [6.07, 6.45) is 0.872. The van der Waals surface area contributed by atoms with Crippen molar-refractivity contribution in [3.8, 4) is 11.5 Å². The van der Waals surface area contributed by atoms with Crippen molar-refractivity contribution in [3.05, 3.63) is 93.5 Å². The quantitative estimate of drug-likeness (QED) is 0.229. The number of hydrogen-bond acceptors (Lipinski definition) is 5. The van der Waals surface area contributed by atoms with Crippen LogP contribution in [0.3, 0.4) is 0 Å². The third-order valence-electron chi connectivity index (χ3n) is 6.13. The van der Waals surface area contributed by atoms with Crippen molar-refractivity contribution < 1.29 is 24.2 Å². The summed E-state index contributed by atoms with van der Waals surface area (Å²) in [7, 11) is 1.50. The van der Waals surface area contributed by atoms with E-state index in [1.54, 1.807) is 36.4 Å². The molecule has 0 aliphatic carbocycles. The van der Waals surface area contributed by atoms with Gasteiger partial charge in [-0.3, -0.25) is 14.5 Å². The van der Waals surface area contributed by atoms with Crippen LogP contribution in [0.1, 0.15) is 41.6 Å². The number of methoxy groups -OCH3 is 1. The van der Waals surface area contributed by atoms with Crippen LogP contribution < -0.4 is 14.4 Å². The smallest absolute Gasteiger partial charge is 0.300 e. The highest BCUT2D eigenvalue weighted by molar-refractivity contribution is 6.51. The molecule has 1 atom stereocenters. The number of aryl methyl sites for hydroxylation is 2. The molecule has 0 radical (unpaired) electrons. The molecule has 1 fully saturated rings. The topological polar surface area (TPSA) is 76.1 Å². The number of carbonyl (C=O) groups excluding carboxylic acids is 2. The number of hydrogen-bond donors (Lipinski definition) is 1. The Balaban J connectivity index is 1.89. The number of amides is 1. The number of carbonyl (C=O) groups is 2. The van der Waals surface area contributed by atoms with Crippen LogP contribution in [0.2, 0.25) is 5.02 Å². The molecule has 7 heteroatoms. The van der Waals surface area contributed by atoms with Crippen molar-refractivity contribution in [1.29, 1.82) is 0 Å². The molecule has 1 aliphatic heterocycles. The van der Waals surface area contributed by atoms with Gasteiger partial charge in [0.15, 0.2) is 0 Å². The van der Waals surface area contributed by atoms with Gasteiger partial charge in [-0.2, -0.15) is 0 Å². The van der Waals surface area contributed by atoms with E-state index in [1.165, 1.54) is 12.0 Å². The molecule has 3 aromatic rings. The van der Waals surface area contributed by atoms with Gasteiger partial charge in [-0.25, -0.2) is 0 Å². The zero-order valence-corrected chi connectivity index (χ0v) is 21.4. The van der Waals surface area contributed by atoms with E-state index in [-0.39, 0.29) is 11.3 Å². The first kappa shape index (κ1) is 25.3. The van der Waals surface area contributed by atoms with Crippen LogP contribution in [0.5, 0.6) is 11.5 Å². The molecular weight excluding hydrogens is 478 g/mol. The van der Waals surface area contributed by atoms with Gasteiger partial charge in [0, 0.05) is 11.3 Å². The molecule has 1 heterocycles. The Hall–Kier alpha value is -3.77. The monoisotopic (exact) mass is 505 g/mol. The van der Waals surface area contributed by atoms with Crippen LogP contribution in [-0.4, -0.2) is 30.5 Å². The van der Waals surface area contributed by atoms with Gasteiger partial charge in [-0.15, -0.1) is 0 Å². The highest BCUT2D eigenvalue weighted by atomic mass is 35.5. The highest BCUT2D eigenvalue weighted by Crippen LogP contribution is 2.44. The Morgan fingerprint density at radius 2 is 1.78 bits per heavy atom. The minimum Gasteiger partial charge on any atom is -0.507 e. The number of aliphatic hydroxyl groups is 1. The summed E-state index contributed by atoms with van der Waals surface area (Å²) in [5.74, 6) is -0.604. The summed E-state index contributed by atoms with van der Waals surface area (Å²) in [5.41, 5.74) is 3.34. The molecule has 4 rings (SSSR count). The van der Waals surface area contributed by atoms with E-state index < -0.39 is 17.7 Å². The van der Waals surface area contributed by atoms with Gasteiger partial charge >= 0.3 is 0 Å². The molecule has 0 bridgehead atoms. The molecule has 0 saturated carbocycles. The van der Waals surface area contributed by atoms with Crippen LogP contribution >= 0.6 is 11.6 Å². The van der Waals surface area contributed by atoms with Gasteiger partial charge in [-0.1, -0.05) is 48.4 Å². The lowest BCUT2D eigenvalue weighted by molar-refractivity contribution is -0.132. The molecule has 3 aromatic carbocycles. The molecule has 0 aromatic heterocycles. The lowest BCUT2D eigenvalue weighted by atomic mass is 9.94. The second kappa shape index (κ2) is 10.5. The van der Waals surface area contributed by atoms with Crippen molar-refractivity contribution in [2.24, 2.45) is 0 Å². The zero-order chi connectivity index (χ0) is 26.0. The Bertz CT molecular complexity index is 1360. The molecule has 186 valence electrons. The van der Waals surface area contributed by atoms with Crippen LogP contribution in [0.4, 0.5) is 5.69 Å². The van der Waals surface area contributed by atoms with Gasteiger partial charge in [0.05, 0.1) is 30.4 Å². The Morgan fingerprint density at radius 3 is 2.42 bits per heavy atom. The molecule has 1 unspecified atom stereocenters. The fraction of sp³-hybridized carbons (Fsp3) is 0.241. The summed E-state index contributed by atoms with van der Waals surface area (Å²) in [6.45, 7) is 6.40. The van der Waals surface area contributed by atoms with Crippen molar-refractivity contribution in [3.63, 3.8) is 0 Å². The molecule has 36 heavy (non-hydrogen) atoms. The molecule has 1 N–H and O–H groups in total. The third kappa shape index (κ3) is 4.69. The highest BCUT2D eigenvalue weighted by Gasteiger charge is 2.47. The molecular formula is C29H28ClNO5. The Morgan fingerprint density at radius 1 is 1.03 bits per heavy atom. The zero-order valence-electron chi connectivity index (χ0n) is 20.7. The van der Waals surface area contributed by atoms with Gasteiger partial charge in [-0.05, 0) is 67.8 Å². The number of halogens is 1. The van der Waals surface area contributed by atoms with Crippen LogP contribution in [0.15, 0.2) is 66.2 Å². The van der Waals surface area contributed by atoms with E-state index in [4.69, 9.17) is 21.1 Å². The number of benzene rings is 3. The Kier molecular flexibility index (Phi) is 7.36. The predicted molar refractivity (Wildman–Crippen MR) is 141 cm³/mol. The number of Topliss-reactive ketones (excluding diaryl/α,β-unsaturated/α-hetero) is 1. The second-order valence-electron chi connectivity index (χ2n) is 8.73. The second-order valence-corrected chi connectivity index (χ2v) is 9.14. The summed E-state index contributed by atoms with van der Waals surface area (Å²) >= 11 is 6.35. The molecule has 0 spiro atoms. The Labute approximate surface area is 215 Å². The first-order chi connectivity index (χ1) is 17.3. The van der Waals surface area contributed by atoms with Gasteiger partial charge < -0.3 is 14.6 Å². The lowest BCUT2D eigenvalue weighted by Gasteiger charge is -2.26. The average Bonchev–Trinajstić information content (AvgIpc) is 3.13. The number of nitrogens with zero attached hydrogens (tertiary/aromatic N) is 1. The fourth-order valence-electron chi connectivity index (χ4n) is 4.39. The van der Waals surface area contributed by atoms with Gasteiger partial charge in [0.1, 0.15) is 17.3 Å². The van der Waals surface area contributed by atoms with Crippen molar-refractivity contribution in [2.45, 2.75) is 33.2 Å². The van der Waals surface area contributed by atoms with E-state index in [1.807, 2.05) is 45.0 Å². The maximum atomic E-state index is 13.4. The number of rotatable bonds is 7. The van der Waals surface area contributed by atoms with E-state index in [0.717, 1.165) is 17.5 Å². The first-order valence-electron chi connectivity index (χ1n) is 11.7. The third-order valence-corrected chi connectivity index (χ3v) is 6.42. The molecule has 6 nitrogen and oxygen atoms in total. The standard InChI is InChI=1S/C29H28ClNO5/c1-5-13-36-23-11-9-20(15-18(23)3)27(32)25-26(19-8-6-7-17(2)14-19)31(29(34)28(25)33)21-10-12-24(35-4)22(30)16-21/h6-12,14-16,26,32H,5,13H2,1-4H3/b27-25+. The van der Waals surface area contributed by atoms with Crippen molar-refractivity contribution >= 4 is 34.7 Å². The SMILES string of the molecule is CCCOc1ccc(/C(O)=C2\C(=O)C(=O)N(c3ccc(OC)c(Cl)c3)C2c2cccc(C)c2)cc1C. The number of aliphatic hydroxyl groups excluding tert-OH is 1. The number of anilines is 1. The van der Waals surface area contributed by atoms with E-state index in [9.17, 15) is 14.7 Å². The average molecular weight is 506 g/mol. The first-order valence-corrected chi connectivity index (χ1v) is 12.1. The maximum Gasteiger partial charge on any atom is 0.300 e. The van der Waals surface area contributed by atoms with Crippen LogP contribution in [0, 0.1) is 13.8 Å². The maximum absolute atomic E-state index is 13.4. The van der Waals surface area contributed by atoms with E-state index >= 15 is 0 Å². The normalized spacial score (nSPS) is 16.9. The largest absolute Gasteiger partial charge is 0.507 e. The molecule has 1 amide bonds. The minimum absolute atomic E-state index is 0.0131. The van der Waals surface area contributed by atoms with Gasteiger partial charge in [0.2, 0.25) is 0 Å². The fourth-order valence-corrected chi connectivity index (χ4v) is 4.64. The number of ether oxygens (including phenoxy) is 2. The summed E-state index contributed by atoms with van der Waals surface area (Å²) < 4.78 is 11.0. The summed E-state index contributed by atoms with van der Waals surface area (Å²) in [6, 6.07) is 16.8. The van der Waals surface area contributed by atoms with Crippen LogP contribution in [-0.2, 0) is 9.59 Å². The molecule has 1 saturated heterocycles.